The number of imidazole rings is 1. The van der Waals surface area contributed by atoms with Gasteiger partial charge in [0, 0.05) is 40.4 Å². The second-order valence-electron chi connectivity index (χ2n) is 6.62. The summed E-state index contributed by atoms with van der Waals surface area (Å²) in [6.07, 6.45) is 3.70. The molecule has 3 heterocycles. The summed E-state index contributed by atoms with van der Waals surface area (Å²) in [5.74, 6) is 0.664. The summed E-state index contributed by atoms with van der Waals surface area (Å²) < 4.78 is 1.95. The highest BCUT2D eigenvalue weighted by Gasteiger charge is 2.35. The highest BCUT2D eigenvalue weighted by Crippen LogP contribution is 2.33. The Morgan fingerprint density at radius 2 is 2.04 bits per heavy atom. The van der Waals surface area contributed by atoms with Gasteiger partial charge in [0.05, 0.1) is 11.6 Å². The number of carbonyl (C=O) groups is 2. The van der Waals surface area contributed by atoms with Crippen LogP contribution < -0.4 is 0 Å². The SMILES string of the molecule is CCN(C)C(=O)c1nc([C@H]2CCCN2C(=O)N(C)C)n2ccccc12. The van der Waals surface area contributed by atoms with Crippen LogP contribution in [0.15, 0.2) is 24.4 Å². The van der Waals surface area contributed by atoms with E-state index in [0.29, 0.717) is 18.8 Å². The summed E-state index contributed by atoms with van der Waals surface area (Å²) >= 11 is 0. The van der Waals surface area contributed by atoms with Gasteiger partial charge in [-0.15, -0.1) is 0 Å². The summed E-state index contributed by atoms with van der Waals surface area (Å²) in [6, 6.07) is 5.59. The minimum absolute atomic E-state index is 0.0197. The minimum atomic E-state index is -0.113. The van der Waals surface area contributed by atoms with Gasteiger partial charge in [-0.1, -0.05) is 6.07 Å². The van der Waals surface area contributed by atoms with Gasteiger partial charge in [0.15, 0.2) is 5.69 Å². The van der Waals surface area contributed by atoms with E-state index in [1.165, 1.54) is 0 Å². The van der Waals surface area contributed by atoms with Gasteiger partial charge in [0.1, 0.15) is 5.82 Å². The first-order valence-electron chi connectivity index (χ1n) is 8.66. The number of likely N-dealkylation sites (tertiary alicyclic amines) is 1. The van der Waals surface area contributed by atoms with E-state index in [1.54, 1.807) is 30.9 Å². The van der Waals surface area contributed by atoms with E-state index >= 15 is 0 Å². The van der Waals surface area contributed by atoms with E-state index in [1.807, 2.05) is 40.6 Å². The molecule has 2 aromatic heterocycles. The number of hydrogen-bond acceptors (Lipinski definition) is 3. The van der Waals surface area contributed by atoms with Crippen LogP contribution in [0.3, 0.4) is 0 Å². The van der Waals surface area contributed by atoms with Gasteiger partial charge < -0.3 is 19.1 Å². The number of fused-ring (bicyclic) bond motifs is 1. The zero-order chi connectivity index (χ0) is 18.1. The Bertz CT molecular complexity index is 798. The first-order chi connectivity index (χ1) is 12.0. The fourth-order valence-electron chi connectivity index (χ4n) is 3.30. The van der Waals surface area contributed by atoms with E-state index in [2.05, 4.69) is 0 Å². The van der Waals surface area contributed by atoms with Crippen molar-refractivity contribution in [3.8, 4) is 0 Å². The monoisotopic (exact) mass is 343 g/mol. The smallest absolute Gasteiger partial charge is 0.320 e. The lowest BCUT2D eigenvalue weighted by molar-refractivity contribution is 0.0799. The average Bonchev–Trinajstić information content (AvgIpc) is 3.23. The third-order valence-electron chi connectivity index (χ3n) is 4.78. The Balaban J connectivity index is 2.08. The van der Waals surface area contributed by atoms with E-state index < -0.39 is 0 Å². The highest BCUT2D eigenvalue weighted by atomic mass is 16.2. The number of aromatic nitrogens is 2. The largest absolute Gasteiger partial charge is 0.341 e. The van der Waals surface area contributed by atoms with Gasteiger partial charge in [-0.3, -0.25) is 4.79 Å². The zero-order valence-corrected chi connectivity index (χ0v) is 15.3. The maximum absolute atomic E-state index is 12.7. The molecule has 0 aromatic carbocycles. The molecule has 0 radical (unpaired) electrons. The second-order valence-corrected chi connectivity index (χ2v) is 6.62. The number of amides is 3. The molecule has 1 atom stereocenters. The number of hydrogen-bond donors (Lipinski definition) is 0. The molecule has 0 aliphatic carbocycles. The first kappa shape index (κ1) is 17.3. The Hall–Kier alpha value is -2.57. The standard InChI is InChI=1S/C18H25N5O2/c1-5-21(4)17(24)15-13-9-6-7-11-22(13)16(19-15)14-10-8-12-23(14)18(25)20(2)3/h6-7,9,11,14H,5,8,10,12H2,1-4H3/t14-/m1/s1. The molecule has 0 N–H and O–H groups in total. The number of nitrogens with zero attached hydrogens (tertiary/aromatic N) is 5. The molecule has 134 valence electrons. The number of rotatable bonds is 3. The van der Waals surface area contributed by atoms with E-state index in [-0.39, 0.29) is 18.0 Å². The normalized spacial score (nSPS) is 17.1. The van der Waals surface area contributed by atoms with Crippen LogP contribution in [0.5, 0.6) is 0 Å². The lowest BCUT2D eigenvalue weighted by Crippen LogP contribution is -2.39. The lowest BCUT2D eigenvalue weighted by Gasteiger charge is -2.27. The summed E-state index contributed by atoms with van der Waals surface area (Å²) in [4.78, 5) is 35.0. The van der Waals surface area contributed by atoms with Crippen molar-refractivity contribution in [2.45, 2.75) is 25.8 Å². The summed E-state index contributed by atoms with van der Waals surface area (Å²) in [6.45, 7) is 3.27. The molecule has 25 heavy (non-hydrogen) atoms. The molecule has 1 aliphatic rings. The van der Waals surface area contributed by atoms with E-state index in [9.17, 15) is 9.59 Å². The van der Waals surface area contributed by atoms with Crippen LogP contribution in [0.4, 0.5) is 4.79 Å². The maximum atomic E-state index is 12.7. The minimum Gasteiger partial charge on any atom is -0.341 e. The van der Waals surface area contributed by atoms with Gasteiger partial charge in [0.2, 0.25) is 0 Å². The van der Waals surface area contributed by atoms with Crippen LogP contribution in [0.2, 0.25) is 0 Å². The summed E-state index contributed by atoms with van der Waals surface area (Å²) in [5, 5.41) is 0. The Kier molecular flexibility index (Phi) is 4.65. The van der Waals surface area contributed by atoms with Crippen LogP contribution in [0.25, 0.3) is 5.52 Å². The van der Waals surface area contributed by atoms with Crippen molar-refractivity contribution >= 4 is 17.5 Å². The molecule has 7 heteroatoms. The summed E-state index contributed by atoms with van der Waals surface area (Å²) in [5.41, 5.74) is 1.23. The van der Waals surface area contributed by atoms with Crippen molar-refractivity contribution < 1.29 is 9.59 Å². The molecular formula is C18H25N5O2. The number of pyridine rings is 1. The predicted molar refractivity (Wildman–Crippen MR) is 95.6 cm³/mol. The molecule has 2 aromatic rings. The first-order valence-corrected chi connectivity index (χ1v) is 8.66. The average molecular weight is 343 g/mol. The van der Waals surface area contributed by atoms with Gasteiger partial charge in [-0.05, 0) is 31.9 Å². The molecular weight excluding hydrogens is 318 g/mol. The topological polar surface area (TPSA) is 61.2 Å². The Labute approximate surface area is 147 Å². The molecule has 0 spiro atoms. The molecule has 7 nitrogen and oxygen atoms in total. The lowest BCUT2D eigenvalue weighted by atomic mass is 10.2. The molecule has 0 bridgehead atoms. The van der Waals surface area contributed by atoms with Crippen LogP contribution in [-0.4, -0.2) is 70.3 Å². The van der Waals surface area contributed by atoms with Gasteiger partial charge in [-0.2, -0.15) is 0 Å². The molecule has 1 fully saturated rings. The quantitative estimate of drug-likeness (QED) is 0.859. The Morgan fingerprint density at radius 1 is 1.28 bits per heavy atom. The van der Waals surface area contributed by atoms with Crippen molar-refractivity contribution in [3.63, 3.8) is 0 Å². The van der Waals surface area contributed by atoms with Gasteiger partial charge >= 0.3 is 6.03 Å². The molecule has 0 saturated carbocycles. The van der Waals surface area contributed by atoms with Crippen molar-refractivity contribution in [1.29, 1.82) is 0 Å². The molecule has 1 aliphatic heterocycles. The Morgan fingerprint density at radius 3 is 2.72 bits per heavy atom. The second kappa shape index (κ2) is 6.74. The fourth-order valence-corrected chi connectivity index (χ4v) is 3.30. The number of urea groups is 1. The third kappa shape index (κ3) is 2.94. The molecule has 3 amide bonds. The van der Waals surface area contributed by atoms with Crippen molar-refractivity contribution in [2.75, 3.05) is 34.2 Å². The fraction of sp³-hybridized carbons (Fsp3) is 0.500. The molecule has 1 saturated heterocycles. The van der Waals surface area contributed by atoms with Crippen LogP contribution in [0, 0.1) is 0 Å². The zero-order valence-electron chi connectivity index (χ0n) is 15.3. The highest BCUT2D eigenvalue weighted by molar-refractivity contribution is 5.99. The van der Waals surface area contributed by atoms with Crippen molar-refractivity contribution in [2.24, 2.45) is 0 Å². The van der Waals surface area contributed by atoms with Crippen LogP contribution in [0.1, 0.15) is 42.1 Å². The van der Waals surface area contributed by atoms with Gasteiger partial charge in [-0.25, -0.2) is 9.78 Å². The van der Waals surface area contributed by atoms with Crippen molar-refractivity contribution in [3.05, 3.63) is 35.9 Å². The third-order valence-corrected chi connectivity index (χ3v) is 4.78. The molecule has 3 rings (SSSR count). The van der Waals surface area contributed by atoms with Crippen LogP contribution in [-0.2, 0) is 0 Å². The summed E-state index contributed by atoms with van der Waals surface area (Å²) in [7, 11) is 5.28. The van der Waals surface area contributed by atoms with Crippen molar-refractivity contribution in [1.82, 2.24) is 24.1 Å². The van der Waals surface area contributed by atoms with E-state index in [0.717, 1.165) is 24.2 Å². The van der Waals surface area contributed by atoms with Crippen LogP contribution >= 0.6 is 0 Å². The van der Waals surface area contributed by atoms with E-state index in [4.69, 9.17) is 4.98 Å². The number of carbonyl (C=O) groups excluding carboxylic acids is 2. The van der Waals surface area contributed by atoms with Gasteiger partial charge in [0.25, 0.3) is 5.91 Å². The predicted octanol–water partition coefficient (Wildman–Crippen LogP) is 2.24. The maximum Gasteiger partial charge on any atom is 0.320 e. The molecule has 0 unspecified atom stereocenters.